The summed E-state index contributed by atoms with van der Waals surface area (Å²) in [4.78, 5) is 25.0. The quantitative estimate of drug-likeness (QED) is 0.376. The Morgan fingerprint density at radius 2 is 1.87 bits per heavy atom. The second-order valence-corrected chi connectivity index (χ2v) is 7.93. The van der Waals surface area contributed by atoms with Crippen molar-refractivity contribution >= 4 is 29.0 Å². The van der Waals surface area contributed by atoms with E-state index in [0.717, 1.165) is 55.4 Å². The van der Waals surface area contributed by atoms with Crippen LogP contribution in [0.1, 0.15) is 24.0 Å². The topological polar surface area (TPSA) is 75.5 Å². The van der Waals surface area contributed by atoms with Crippen LogP contribution in [-0.2, 0) is 17.5 Å². The number of alkyl halides is 3. The summed E-state index contributed by atoms with van der Waals surface area (Å²) in [5.74, 6) is -0.548. The van der Waals surface area contributed by atoms with Crippen molar-refractivity contribution in [2.75, 3.05) is 24.2 Å². The molecule has 1 amide bonds. The minimum atomic E-state index is -4.68. The zero-order valence-corrected chi connectivity index (χ0v) is 16.8. The van der Waals surface area contributed by atoms with Gasteiger partial charge in [0.2, 0.25) is 5.91 Å². The van der Waals surface area contributed by atoms with Crippen LogP contribution in [0.15, 0.2) is 47.4 Å². The van der Waals surface area contributed by atoms with E-state index in [1.807, 2.05) is 12.1 Å². The van der Waals surface area contributed by atoms with Gasteiger partial charge in [0, 0.05) is 18.3 Å². The lowest BCUT2D eigenvalue weighted by Crippen LogP contribution is -2.21. The number of para-hydroxylation sites is 1. The molecule has 30 heavy (non-hydrogen) atoms. The summed E-state index contributed by atoms with van der Waals surface area (Å²) >= 11 is 0.829. The number of carbonyl (C=O) groups is 1. The van der Waals surface area contributed by atoms with E-state index in [1.165, 1.54) is 0 Å². The first-order chi connectivity index (χ1) is 14.2. The summed E-state index contributed by atoms with van der Waals surface area (Å²) in [5.41, 5.74) is -0.133. The maximum atomic E-state index is 12.8. The average molecular weight is 439 g/mol. The second kappa shape index (κ2) is 9.48. The van der Waals surface area contributed by atoms with Crippen LogP contribution in [0, 0.1) is 10.1 Å². The number of nitrogens with zero attached hydrogens (tertiary/aromatic N) is 2. The van der Waals surface area contributed by atoms with Crippen LogP contribution in [0.2, 0.25) is 0 Å². The van der Waals surface area contributed by atoms with Crippen molar-refractivity contribution < 1.29 is 22.9 Å². The Hall–Kier alpha value is -2.59. The third-order valence-electron chi connectivity index (χ3n) is 4.73. The number of amides is 1. The molecule has 0 spiro atoms. The van der Waals surface area contributed by atoms with Gasteiger partial charge in [0.15, 0.2) is 0 Å². The normalized spacial score (nSPS) is 14.6. The Bertz CT molecular complexity index is 931. The Morgan fingerprint density at radius 3 is 2.53 bits per heavy atom. The Morgan fingerprint density at radius 1 is 1.17 bits per heavy atom. The number of nitro groups is 1. The van der Waals surface area contributed by atoms with Crippen LogP contribution in [0.25, 0.3) is 0 Å². The summed E-state index contributed by atoms with van der Waals surface area (Å²) in [5, 5.41) is 14.0. The smallest absolute Gasteiger partial charge is 0.325 e. The highest BCUT2D eigenvalue weighted by atomic mass is 32.2. The number of benzene rings is 2. The molecule has 2 aromatic carbocycles. The minimum Gasteiger partial charge on any atom is -0.325 e. The molecule has 6 nitrogen and oxygen atoms in total. The highest BCUT2D eigenvalue weighted by Crippen LogP contribution is 2.36. The van der Waals surface area contributed by atoms with Crippen molar-refractivity contribution in [2.45, 2.75) is 30.5 Å². The fourth-order valence-corrected chi connectivity index (χ4v) is 4.05. The van der Waals surface area contributed by atoms with E-state index in [-0.39, 0.29) is 16.6 Å². The Balaban J connectivity index is 1.66. The van der Waals surface area contributed by atoms with Crippen LogP contribution in [0.4, 0.5) is 24.5 Å². The number of likely N-dealkylation sites (tertiary alicyclic amines) is 1. The van der Waals surface area contributed by atoms with Gasteiger partial charge < -0.3 is 5.32 Å². The molecule has 3 rings (SSSR count). The van der Waals surface area contributed by atoms with Gasteiger partial charge in [-0.3, -0.25) is 19.8 Å². The number of rotatable bonds is 7. The number of thioether (sulfide) groups is 1. The molecule has 1 aliphatic rings. The van der Waals surface area contributed by atoms with Crippen molar-refractivity contribution in [1.82, 2.24) is 4.90 Å². The predicted octanol–water partition coefficient (Wildman–Crippen LogP) is 4.94. The van der Waals surface area contributed by atoms with Crippen molar-refractivity contribution in [2.24, 2.45) is 0 Å². The first-order valence-electron chi connectivity index (χ1n) is 9.32. The summed E-state index contributed by atoms with van der Waals surface area (Å²) in [6.45, 7) is 2.74. The molecule has 0 radical (unpaired) electrons. The van der Waals surface area contributed by atoms with E-state index in [1.54, 1.807) is 12.1 Å². The van der Waals surface area contributed by atoms with Gasteiger partial charge in [-0.15, -0.1) is 11.8 Å². The van der Waals surface area contributed by atoms with Crippen LogP contribution in [0.5, 0.6) is 0 Å². The Labute approximate surface area is 175 Å². The van der Waals surface area contributed by atoms with E-state index in [0.29, 0.717) is 18.3 Å². The van der Waals surface area contributed by atoms with E-state index in [9.17, 15) is 28.1 Å². The van der Waals surface area contributed by atoms with Crippen LogP contribution in [-0.4, -0.2) is 34.6 Å². The standard InChI is InChI=1S/C20H20F3N3O3S/c21-20(22,23)15-7-8-18(17(11-15)26(28)29)30-13-19(27)24-16-6-2-1-5-14(16)12-25-9-3-4-10-25/h1-2,5-8,11H,3-4,9-10,12-13H2,(H,24,27). The largest absolute Gasteiger partial charge is 0.416 e. The third-order valence-corrected chi connectivity index (χ3v) is 5.79. The maximum absolute atomic E-state index is 12.8. The molecule has 10 heteroatoms. The van der Waals surface area contributed by atoms with E-state index in [2.05, 4.69) is 10.2 Å². The average Bonchev–Trinajstić information content (AvgIpc) is 3.20. The molecule has 0 aromatic heterocycles. The number of carbonyl (C=O) groups excluding carboxylic acids is 1. The summed E-state index contributed by atoms with van der Waals surface area (Å²) in [6.07, 6.45) is -2.38. The van der Waals surface area contributed by atoms with Crippen molar-refractivity contribution in [3.8, 4) is 0 Å². The zero-order chi connectivity index (χ0) is 21.7. The zero-order valence-electron chi connectivity index (χ0n) is 15.9. The van der Waals surface area contributed by atoms with E-state index < -0.39 is 22.4 Å². The summed E-state index contributed by atoms with van der Waals surface area (Å²) in [7, 11) is 0. The van der Waals surface area contributed by atoms with Gasteiger partial charge in [0.1, 0.15) is 0 Å². The number of halogens is 3. The number of hydrogen-bond donors (Lipinski definition) is 1. The molecule has 160 valence electrons. The molecule has 0 atom stereocenters. The van der Waals surface area contributed by atoms with Crippen molar-refractivity contribution in [3.05, 3.63) is 63.7 Å². The van der Waals surface area contributed by atoms with Crippen LogP contribution < -0.4 is 5.32 Å². The first kappa shape index (κ1) is 22.1. The monoisotopic (exact) mass is 439 g/mol. The number of nitro benzene ring substituents is 1. The molecule has 2 aromatic rings. The van der Waals surface area contributed by atoms with E-state index >= 15 is 0 Å². The molecule has 0 bridgehead atoms. The molecule has 1 heterocycles. The molecular formula is C20H20F3N3O3S. The summed E-state index contributed by atoms with van der Waals surface area (Å²) in [6, 6.07) is 9.71. The van der Waals surface area contributed by atoms with Crippen LogP contribution >= 0.6 is 11.8 Å². The lowest BCUT2D eigenvalue weighted by molar-refractivity contribution is -0.388. The SMILES string of the molecule is O=C(CSc1ccc(C(F)(F)F)cc1[N+](=O)[O-])Nc1ccccc1CN1CCCC1. The highest BCUT2D eigenvalue weighted by Gasteiger charge is 2.33. The highest BCUT2D eigenvalue weighted by molar-refractivity contribution is 8.00. The number of nitrogens with one attached hydrogen (secondary N) is 1. The second-order valence-electron chi connectivity index (χ2n) is 6.91. The van der Waals surface area contributed by atoms with Gasteiger partial charge in [0.05, 0.1) is 21.1 Å². The van der Waals surface area contributed by atoms with Crippen molar-refractivity contribution in [1.29, 1.82) is 0 Å². The lowest BCUT2D eigenvalue weighted by Gasteiger charge is -2.17. The number of hydrogen-bond acceptors (Lipinski definition) is 5. The molecule has 0 saturated carbocycles. The van der Waals surface area contributed by atoms with Gasteiger partial charge >= 0.3 is 6.18 Å². The number of anilines is 1. The third kappa shape index (κ3) is 5.73. The van der Waals surface area contributed by atoms with Gasteiger partial charge in [-0.05, 0) is 49.7 Å². The van der Waals surface area contributed by atoms with Gasteiger partial charge in [-0.1, -0.05) is 18.2 Å². The molecule has 1 N–H and O–H groups in total. The lowest BCUT2D eigenvalue weighted by atomic mass is 10.1. The predicted molar refractivity (Wildman–Crippen MR) is 108 cm³/mol. The molecule has 0 unspecified atom stereocenters. The molecule has 1 fully saturated rings. The molecular weight excluding hydrogens is 419 g/mol. The van der Waals surface area contributed by atoms with Crippen LogP contribution in [0.3, 0.4) is 0 Å². The fourth-order valence-electron chi connectivity index (χ4n) is 3.25. The maximum Gasteiger partial charge on any atom is 0.416 e. The molecule has 0 aliphatic carbocycles. The van der Waals surface area contributed by atoms with Gasteiger partial charge in [0.25, 0.3) is 5.69 Å². The summed E-state index contributed by atoms with van der Waals surface area (Å²) < 4.78 is 38.4. The molecule has 1 aliphatic heterocycles. The van der Waals surface area contributed by atoms with E-state index in [4.69, 9.17) is 0 Å². The Kier molecular flexibility index (Phi) is 6.99. The first-order valence-corrected chi connectivity index (χ1v) is 10.3. The molecule has 1 saturated heterocycles. The van der Waals surface area contributed by atoms with Gasteiger partial charge in [-0.2, -0.15) is 13.2 Å². The fraction of sp³-hybridized carbons (Fsp3) is 0.350. The van der Waals surface area contributed by atoms with Gasteiger partial charge in [-0.25, -0.2) is 0 Å². The minimum absolute atomic E-state index is 0.00787. The van der Waals surface area contributed by atoms with Crippen molar-refractivity contribution in [3.63, 3.8) is 0 Å².